The predicted molar refractivity (Wildman–Crippen MR) is 114 cm³/mol. The second-order valence-corrected chi connectivity index (χ2v) is 7.74. The number of rotatable bonds is 4. The average Bonchev–Trinajstić information content (AvgIpc) is 2.72. The van der Waals surface area contributed by atoms with Crippen molar-refractivity contribution in [2.24, 2.45) is 0 Å². The lowest BCUT2D eigenvalue weighted by Gasteiger charge is -2.12. The molecule has 0 unspecified atom stereocenters. The molecule has 170 valence electrons. The fourth-order valence-corrected chi connectivity index (χ4v) is 3.92. The largest absolute Gasteiger partial charge is 0.419 e. The van der Waals surface area contributed by atoms with Gasteiger partial charge in [0.1, 0.15) is 23.3 Å². The lowest BCUT2D eigenvalue weighted by Crippen LogP contribution is -2.08. The van der Waals surface area contributed by atoms with E-state index >= 15 is 0 Å². The zero-order valence-corrected chi connectivity index (χ0v) is 17.3. The first-order valence-corrected chi connectivity index (χ1v) is 10.2. The van der Waals surface area contributed by atoms with E-state index < -0.39 is 35.0 Å². The van der Waals surface area contributed by atoms with Gasteiger partial charge in [0.05, 0.1) is 11.1 Å². The van der Waals surface area contributed by atoms with Crippen LogP contribution in [0.2, 0.25) is 0 Å². The first-order chi connectivity index (χ1) is 15.6. The van der Waals surface area contributed by atoms with E-state index in [1.54, 1.807) is 0 Å². The van der Waals surface area contributed by atoms with Gasteiger partial charge in [0.2, 0.25) is 0 Å². The summed E-state index contributed by atoms with van der Waals surface area (Å²) in [7, 11) is 0. The first kappa shape index (κ1) is 22.8. The second-order valence-electron chi connectivity index (χ2n) is 7.74. The van der Waals surface area contributed by atoms with E-state index in [0.29, 0.717) is 24.5 Å². The molecule has 0 aliphatic rings. The molecular weight excluding hydrogens is 445 g/mol. The molecule has 0 amide bonds. The van der Waals surface area contributed by atoms with Crippen LogP contribution in [0, 0.1) is 23.3 Å². The van der Waals surface area contributed by atoms with Gasteiger partial charge in [-0.2, -0.15) is 13.2 Å². The summed E-state index contributed by atoms with van der Waals surface area (Å²) >= 11 is 0. The Morgan fingerprint density at radius 1 is 0.697 bits per heavy atom. The van der Waals surface area contributed by atoms with Crippen molar-refractivity contribution in [3.05, 3.63) is 95.1 Å². The Balaban J connectivity index is 1.75. The van der Waals surface area contributed by atoms with E-state index in [4.69, 9.17) is 0 Å². The molecule has 0 N–H and O–H groups in total. The van der Waals surface area contributed by atoms with E-state index in [0.717, 1.165) is 18.2 Å². The number of alkyl halides is 3. The molecule has 4 aromatic rings. The highest BCUT2D eigenvalue weighted by Crippen LogP contribution is 2.37. The third kappa shape index (κ3) is 4.32. The fraction of sp³-hybridized carbons (Fsp3) is 0.154. The molecule has 4 aromatic carbocycles. The van der Waals surface area contributed by atoms with Crippen molar-refractivity contribution in [2.45, 2.75) is 25.9 Å². The van der Waals surface area contributed by atoms with Gasteiger partial charge in [0, 0.05) is 10.9 Å². The summed E-state index contributed by atoms with van der Waals surface area (Å²) in [6, 6.07) is 11.7. The molecule has 0 heterocycles. The number of aryl methyl sites for hydroxylation is 1. The van der Waals surface area contributed by atoms with Gasteiger partial charge in [0.25, 0.3) is 0 Å². The number of hydrogen-bond acceptors (Lipinski definition) is 0. The minimum Gasteiger partial charge on any atom is -0.206 e. The summed E-state index contributed by atoms with van der Waals surface area (Å²) in [4.78, 5) is 0. The van der Waals surface area contributed by atoms with Gasteiger partial charge >= 0.3 is 6.18 Å². The van der Waals surface area contributed by atoms with Crippen LogP contribution in [-0.2, 0) is 12.6 Å². The molecule has 0 bridgehead atoms. The van der Waals surface area contributed by atoms with E-state index in [2.05, 4.69) is 0 Å². The van der Waals surface area contributed by atoms with Crippen molar-refractivity contribution in [1.82, 2.24) is 0 Å². The van der Waals surface area contributed by atoms with Crippen LogP contribution in [-0.4, -0.2) is 0 Å². The number of fused-ring (bicyclic) bond motifs is 1. The van der Waals surface area contributed by atoms with E-state index in [1.165, 1.54) is 36.4 Å². The molecule has 33 heavy (non-hydrogen) atoms. The molecule has 0 fully saturated rings. The Morgan fingerprint density at radius 3 is 1.97 bits per heavy atom. The van der Waals surface area contributed by atoms with Crippen molar-refractivity contribution in [3.8, 4) is 22.3 Å². The van der Waals surface area contributed by atoms with Gasteiger partial charge in [-0.05, 0) is 58.8 Å². The smallest absolute Gasteiger partial charge is 0.206 e. The zero-order valence-electron chi connectivity index (χ0n) is 17.3. The molecule has 0 spiro atoms. The minimum absolute atomic E-state index is 0.0101. The Bertz CT molecular complexity index is 1330. The zero-order chi connectivity index (χ0) is 23.9. The van der Waals surface area contributed by atoms with Crippen LogP contribution in [0.3, 0.4) is 0 Å². The third-order valence-electron chi connectivity index (χ3n) is 5.47. The van der Waals surface area contributed by atoms with Gasteiger partial charge in [-0.15, -0.1) is 0 Å². The van der Waals surface area contributed by atoms with Gasteiger partial charge in [0.15, 0.2) is 0 Å². The fourth-order valence-electron chi connectivity index (χ4n) is 3.92. The third-order valence-corrected chi connectivity index (χ3v) is 5.47. The van der Waals surface area contributed by atoms with Crippen LogP contribution in [0.4, 0.5) is 30.7 Å². The number of benzene rings is 4. The van der Waals surface area contributed by atoms with Gasteiger partial charge < -0.3 is 0 Å². The topological polar surface area (TPSA) is 0 Å². The van der Waals surface area contributed by atoms with Crippen LogP contribution in [0.5, 0.6) is 0 Å². The van der Waals surface area contributed by atoms with Crippen LogP contribution < -0.4 is 0 Å². The van der Waals surface area contributed by atoms with E-state index in [-0.39, 0.29) is 33.0 Å². The highest BCUT2D eigenvalue weighted by atomic mass is 19.4. The Labute approximate surface area is 185 Å². The van der Waals surface area contributed by atoms with Crippen molar-refractivity contribution < 1.29 is 30.7 Å². The normalized spacial score (nSPS) is 11.9. The van der Waals surface area contributed by atoms with Crippen LogP contribution >= 0.6 is 0 Å². The molecule has 0 aromatic heterocycles. The summed E-state index contributed by atoms with van der Waals surface area (Å²) in [5.74, 6) is -3.78. The van der Waals surface area contributed by atoms with E-state index in [9.17, 15) is 30.7 Å². The summed E-state index contributed by atoms with van der Waals surface area (Å²) in [6.07, 6.45) is -3.61. The first-order valence-electron chi connectivity index (χ1n) is 10.2. The quantitative estimate of drug-likeness (QED) is 0.266. The van der Waals surface area contributed by atoms with E-state index in [1.807, 2.05) is 6.92 Å². The Hall–Kier alpha value is -3.35. The monoisotopic (exact) mass is 462 g/mol. The molecule has 0 aliphatic heterocycles. The summed E-state index contributed by atoms with van der Waals surface area (Å²) in [6.45, 7) is 1.88. The average molecular weight is 462 g/mol. The predicted octanol–water partition coefficient (Wildman–Crippen LogP) is 8.70. The van der Waals surface area contributed by atoms with Crippen molar-refractivity contribution in [3.63, 3.8) is 0 Å². The Kier molecular flexibility index (Phi) is 5.91. The van der Waals surface area contributed by atoms with Crippen LogP contribution in [0.25, 0.3) is 33.0 Å². The minimum atomic E-state index is -4.84. The van der Waals surface area contributed by atoms with Gasteiger partial charge in [-0.1, -0.05) is 43.7 Å². The highest BCUT2D eigenvalue weighted by molar-refractivity contribution is 5.89. The molecule has 4 rings (SSSR count). The lowest BCUT2D eigenvalue weighted by molar-refractivity contribution is -0.139. The Morgan fingerprint density at radius 2 is 1.36 bits per heavy atom. The molecule has 0 nitrogen and oxygen atoms in total. The van der Waals surface area contributed by atoms with Crippen LogP contribution in [0.1, 0.15) is 24.5 Å². The van der Waals surface area contributed by atoms with Crippen molar-refractivity contribution in [2.75, 3.05) is 0 Å². The summed E-state index contributed by atoms with van der Waals surface area (Å²) in [5.41, 5.74) is -0.872. The molecular formula is C26H17F7. The highest BCUT2D eigenvalue weighted by Gasteiger charge is 2.34. The molecule has 0 saturated heterocycles. The van der Waals surface area contributed by atoms with Crippen molar-refractivity contribution >= 4 is 10.8 Å². The summed E-state index contributed by atoms with van der Waals surface area (Å²) < 4.78 is 97.1. The lowest BCUT2D eigenvalue weighted by atomic mass is 9.95. The molecule has 0 saturated carbocycles. The second kappa shape index (κ2) is 8.54. The molecule has 0 aliphatic carbocycles. The number of hydrogen-bond donors (Lipinski definition) is 0. The SMILES string of the molecule is CCCc1cc(F)c(-c2ccc(-c3ccc4c(F)c(C(F)(F)F)ccc4c3)c(F)c2)c(F)c1. The van der Waals surface area contributed by atoms with Gasteiger partial charge in [-0.3, -0.25) is 0 Å². The maximum absolute atomic E-state index is 14.9. The maximum atomic E-state index is 14.9. The van der Waals surface area contributed by atoms with Crippen LogP contribution in [0.15, 0.2) is 60.7 Å². The van der Waals surface area contributed by atoms with Gasteiger partial charge in [-0.25, -0.2) is 17.6 Å². The standard InChI is InChI=1S/C26H17F7/c1-2-3-14-10-22(28)24(23(29)11-14)17-5-7-18(21(27)13-17)15-4-8-19-16(12-15)6-9-20(25(19)30)26(31,32)33/h4-13H,2-3H2,1H3. The molecule has 7 heteroatoms. The maximum Gasteiger partial charge on any atom is 0.419 e. The summed E-state index contributed by atoms with van der Waals surface area (Å²) in [5, 5.41) is -0.0907. The molecule has 0 atom stereocenters. The molecule has 0 radical (unpaired) electrons. The number of halogens is 7. The van der Waals surface area contributed by atoms with Crippen molar-refractivity contribution in [1.29, 1.82) is 0 Å².